The smallest absolute Gasteiger partial charge is 0.272 e. The Balaban J connectivity index is 2.51. The molecule has 27 heavy (non-hydrogen) atoms. The molecule has 1 N–H and O–H groups in total. The monoisotopic (exact) mass is 392 g/mol. The zero-order valence-electron chi connectivity index (χ0n) is 14.8. The van der Waals surface area contributed by atoms with Gasteiger partial charge in [-0.3, -0.25) is 4.72 Å². The van der Waals surface area contributed by atoms with Crippen LogP contribution < -0.4 is 18.9 Å². The largest absolute Gasteiger partial charge is 0.496 e. The van der Waals surface area contributed by atoms with E-state index in [1.54, 1.807) is 6.07 Å². The maximum Gasteiger partial charge on any atom is 0.272 e. The molecule has 2 rings (SSSR count). The first-order valence-electron chi connectivity index (χ1n) is 7.54. The minimum absolute atomic E-state index is 0.117. The Morgan fingerprint density at radius 2 is 1.63 bits per heavy atom. The van der Waals surface area contributed by atoms with Crippen molar-refractivity contribution in [2.24, 2.45) is 0 Å². The minimum atomic E-state index is -4.22. The summed E-state index contributed by atoms with van der Waals surface area (Å²) in [6, 6.07) is 9.40. The number of ether oxygens (including phenoxy) is 3. The Bertz CT molecular complexity index is 970. The van der Waals surface area contributed by atoms with Crippen molar-refractivity contribution < 1.29 is 27.0 Å². The van der Waals surface area contributed by atoms with Crippen LogP contribution in [-0.2, 0) is 10.0 Å². The molecule has 0 fully saturated rings. The van der Waals surface area contributed by atoms with Crippen molar-refractivity contribution >= 4 is 21.8 Å². The summed E-state index contributed by atoms with van der Waals surface area (Å²) in [5.41, 5.74) is 0.369. The Morgan fingerprint density at radius 3 is 2.07 bits per heavy atom. The predicted octanol–water partition coefficient (Wildman–Crippen LogP) is 3.16. The highest BCUT2D eigenvalue weighted by Crippen LogP contribution is 2.36. The Hall–Kier alpha value is -3.25. The second-order valence-electron chi connectivity index (χ2n) is 5.18. The first kappa shape index (κ1) is 20.1. The molecule has 0 saturated carbocycles. The first-order chi connectivity index (χ1) is 12.8. The van der Waals surface area contributed by atoms with E-state index in [1.165, 1.54) is 45.6 Å². The predicted molar refractivity (Wildman–Crippen MR) is 98.6 cm³/mol. The average Bonchev–Trinajstić information content (AvgIpc) is 2.66. The lowest BCUT2D eigenvalue weighted by atomic mass is 10.1. The van der Waals surface area contributed by atoms with Crippen LogP contribution in [0, 0.1) is 17.1 Å². The van der Waals surface area contributed by atoms with Crippen molar-refractivity contribution in [2.45, 2.75) is 0 Å². The van der Waals surface area contributed by atoms with E-state index in [1.807, 2.05) is 0 Å². The fraction of sp³-hybridized carbons (Fsp3) is 0.167. The lowest BCUT2D eigenvalue weighted by Gasteiger charge is -2.13. The van der Waals surface area contributed by atoms with E-state index in [0.29, 0.717) is 5.75 Å². The van der Waals surface area contributed by atoms with Gasteiger partial charge in [0.15, 0.2) is 4.91 Å². The fourth-order valence-corrected chi connectivity index (χ4v) is 3.15. The summed E-state index contributed by atoms with van der Waals surface area (Å²) in [7, 11) is 0.0263. The van der Waals surface area contributed by atoms with Crippen LogP contribution in [0.4, 0.5) is 10.1 Å². The third-order valence-electron chi connectivity index (χ3n) is 3.52. The van der Waals surface area contributed by atoms with Gasteiger partial charge in [0.2, 0.25) is 0 Å². The topological polar surface area (TPSA) is 97.7 Å². The Morgan fingerprint density at radius 1 is 1.07 bits per heavy atom. The number of hydrogen-bond acceptors (Lipinski definition) is 6. The molecule has 0 spiro atoms. The standard InChI is InChI=1S/C18H17FN2O5S/c1-24-14-8-17(25-2)16(18(9-14)26-3)10-15(11-20)27(22,23)21-13-6-4-12(19)5-7-13/h4-10,21H,1-3H3/b15-10+. The number of allylic oxidation sites excluding steroid dienone is 1. The summed E-state index contributed by atoms with van der Waals surface area (Å²) in [6.45, 7) is 0. The molecule has 0 radical (unpaired) electrons. The van der Waals surface area contributed by atoms with Gasteiger partial charge in [-0.2, -0.15) is 5.26 Å². The van der Waals surface area contributed by atoms with Gasteiger partial charge in [-0.15, -0.1) is 0 Å². The number of nitrogens with one attached hydrogen (secondary N) is 1. The summed E-state index contributed by atoms with van der Waals surface area (Å²) in [5.74, 6) is 0.445. The van der Waals surface area contributed by atoms with Gasteiger partial charge in [-0.25, -0.2) is 12.8 Å². The van der Waals surface area contributed by atoms with E-state index in [2.05, 4.69) is 4.72 Å². The summed E-state index contributed by atoms with van der Waals surface area (Å²) in [4.78, 5) is -0.575. The summed E-state index contributed by atoms with van der Waals surface area (Å²) in [5, 5.41) is 9.37. The summed E-state index contributed by atoms with van der Waals surface area (Å²) in [6.07, 6.45) is 1.13. The van der Waals surface area contributed by atoms with Gasteiger partial charge in [0.1, 0.15) is 29.1 Å². The molecule has 0 amide bonds. The quantitative estimate of drug-likeness (QED) is 0.727. The molecule has 7 nitrogen and oxygen atoms in total. The number of anilines is 1. The number of sulfonamides is 1. The van der Waals surface area contributed by atoms with Gasteiger partial charge >= 0.3 is 0 Å². The van der Waals surface area contributed by atoms with Gasteiger partial charge in [-0.05, 0) is 30.3 Å². The highest BCUT2D eigenvalue weighted by molar-refractivity contribution is 7.96. The molecule has 2 aromatic carbocycles. The molecule has 0 bridgehead atoms. The zero-order valence-corrected chi connectivity index (χ0v) is 15.6. The van der Waals surface area contributed by atoms with Crippen LogP contribution in [0.2, 0.25) is 0 Å². The van der Waals surface area contributed by atoms with Crippen LogP contribution in [0.1, 0.15) is 5.56 Å². The van der Waals surface area contributed by atoms with E-state index in [0.717, 1.165) is 18.2 Å². The number of benzene rings is 2. The maximum atomic E-state index is 13.0. The van der Waals surface area contributed by atoms with Crippen molar-refractivity contribution in [1.82, 2.24) is 0 Å². The van der Waals surface area contributed by atoms with Crippen LogP contribution in [0.25, 0.3) is 6.08 Å². The van der Waals surface area contributed by atoms with Crippen molar-refractivity contribution in [1.29, 1.82) is 5.26 Å². The molecule has 0 aliphatic heterocycles. The van der Waals surface area contributed by atoms with Gasteiger partial charge in [0.25, 0.3) is 10.0 Å². The molecule has 0 unspecified atom stereocenters. The SMILES string of the molecule is COc1cc(OC)c(/C=C(\C#N)S(=O)(=O)Nc2ccc(F)cc2)c(OC)c1. The van der Waals surface area contributed by atoms with E-state index in [4.69, 9.17) is 14.2 Å². The molecule has 0 heterocycles. The number of nitriles is 1. The average molecular weight is 392 g/mol. The van der Waals surface area contributed by atoms with E-state index >= 15 is 0 Å². The highest BCUT2D eigenvalue weighted by Gasteiger charge is 2.21. The minimum Gasteiger partial charge on any atom is -0.496 e. The lowest BCUT2D eigenvalue weighted by Crippen LogP contribution is -2.14. The number of halogens is 1. The van der Waals surface area contributed by atoms with Crippen molar-refractivity contribution in [3.63, 3.8) is 0 Å². The molecule has 0 aliphatic rings. The summed E-state index contributed by atoms with van der Waals surface area (Å²) < 4.78 is 55.9. The third kappa shape index (κ3) is 4.68. The van der Waals surface area contributed by atoms with Crippen LogP contribution in [0.3, 0.4) is 0 Å². The number of methoxy groups -OCH3 is 3. The van der Waals surface area contributed by atoms with Crippen molar-refractivity contribution in [2.75, 3.05) is 26.1 Å². The van der Waals surface area contributed by atoms with Gasteiger partial charge in [0, 0.05) is 17.8 Å². The van der Waals surface area contributed by atoms with E-state index in [9.17, 15) is 18.1 Å². The van der Waals surface area contributed by atoms with Crippen LogP contribution in [0.15, 0.2) is 41.3 Å². The fourth-order valence-electron chi connectivity index (χ4n) is 2.20. The number of rotatable bonds is 7. The number of hydrogen-bond donors (Lipinski definition) is 1. The summed E-state index contributed by atoms with van der Waals surface area (Å²) >= 11 is 0. The molecular weight excluding hydrogens is 375 g/mol. The van der Waals surface area contributed by atoms with Crippen LogP contribution >= 0.6 is 0 Å². The second kappa shape index (κ2) is 8.42. The Labute approximate surface area is 156 Å². The molecule has 0 aromatic heterocycles. The molecule has 9 heteroatoms. The lowest BCUT2D eigenvalue weighted by molar-refractivity contribution is 0.374. The van der Waals surface area contributed by atoms with Crippen LogP contribution in [0.5, 0.6) is 17.2 Å². The second-order valence-corrected chi connectivity index (χ2v) is 6.83. The molecule has 0 aliphatic carbocycles. The van der Waals surface area contributed by atoms with Gasteiger partial charge in [-0.1, -0.05) is 0 Å². The van der Waals surface area contributed by atoms with E-state index in [-0.39, 0.29) is 22.7 Å². The van der Waals surface area contributed by atoms with Crippen molar-refractivity contribution in [3.05, 3.63) is 52.7 Å². The third-order valence-corrected chi connectivity index (χ3v) is 4.82. The number of nitrogens with zero attached hydrogens (tertiary/aromatic N) is 1. The zero-order chi connectivity index (χ0) is 20.0. The Kier molecular flexibility index (Phi) is 6.26. The maximum absolute atomic E-state index is 13.0. The molecule has 2 aromatic rings. The normalized spacial score (nSPS) is 11.4. The van der Waals surface area contributed by atoms with Gasteiger partial charge in [0.05, 0.1) is 26.9 Å². The van der Waals surface area contributed by atoms with Crippen LogP contribution in [-0.4, -0.2) is 29.7 Å². The molecule has 142 valence electrons. The molecule has 0 saturated heterocycles. The molecular formula is C18H17FN2O5S. The van der Waals surface area contributed by atoms with E-state index < -0.39 is 20.7 Å². The highest BCUT2D eigenvalue weighted by atomic mass is 32.2. The van der Waals surface area contributed by atoms with Crippen molar-refractivity contribution in [3.8, 4) is 23.3 Å². The van der Waals surface area contributed by atoms with Gasteiger partial charge < -0.3 is 14.2 Å². The first-order valence-corrected chi connectivity index (χ1v) is 9.03. The molecule has 0 atom stereocenters.